The predicted molar refractivity (Wildman–Crippen MR) is 70.9 cm³/mol. The minimum absolute atomic E-state index is 0.138. The molecule has 98 valence electrons. The van der Waals surface area contributed by atoms with Crippen molar-refractivity contribution in [2.24, 2.45) is 5.73 Å². The van der Waals surface area contributed by atoms with Gasteiger partial charge in [-0.25, -0.2) is 4.39 Å². The Morgan fingerprint density at radius 3 is 2.78 bits per heavy atom. The van der Waals surface area contributed by atoms with Crippen LogP contribution in [0.5, 0.6) is 0 Å². The quantitative estimate of drug-likeness (QED) is 0.848. The molecule has 1 heterocycles. The number of carbonyl (C=O) groups excluding carboxylic acids is 1. The average Bonchev–Trinajstić information content (AvgIpc) is 2.78. The summed E-state index contributed by atoms with van der Waals surface area (Å²) in [6, 6.07) is 6.47. The van der Waals surface area contributed by atoms with Gasteiger partial charge < -0.3 is 10.6 Å². The molecule has 0 radical (unpaired) electrons. The van der Waals surface area contributed by atoms with Crippen molar-refractivity contribution in [1.29, 1.82) is 0 Å². The summed E-state index contributed by atoms with van der Waals surface area (Å²) in [4.78, 5) is 14.6. The molecule has 1 aliphatic heterocycles. The van der Waals surface area contributed by atoms with E-state index in [0.717, 1.165) is 23.6 Å². The van der Waals surface area contributed by atoms with E-state index in [1.165, 1.54) is 12.1 Å². The lowest BCUT2D eigenvalue weighted by Gasteiger charge is -2.15. The second-order valence-corrected chi connectivity index (χ2v) is 5.61. The van der Waals surface area contributed by atoms with Gasteiger partial charge in [0.25, 0.3) is 0 Å². The van der Waals surface area contributed by atoms with Gasteiger partial charge in [0.1, 0.15) is 5.82 Å². The number of nitrogens with zero attached hydrogens (tertiary/aromatic N) is 1. The van der Waals surface area contributed by atoms with Crippen LogP contribution in [0, 0.1) is 5.82 Å². The zero-order valence-electron chi connectivity index (χ0n) is 10.1. The molecule has 1 aliphatic rings. The van der Waals surface area contributed by atoms with E-state index in [9.17, 15) is 9.18 Å². The van der Waals surface area contributed by atoms with Crippen LogP contribution in [0.3, 0.4) is 0 Å². The van der Waals surface area contributed by atoms with E-state index >= 15 is 0 Å². The second-order valence-electron chi connectivity index (χ2n) is 4.44. The zero-order chi connectivity index (χ0) is 13.0. The standard InChI is InChI=1S/C13H17FN2OS/c14-10-1-3-12(4-2-10)18-8-6-13(17)16-7-5-11(15)9-16/h1-4,11H,5-9,15H2/t11-/m1/s1. The van der Waals surface area contributed by atoms with Crippen LogP contribution in [0.2, 0.25) is 0 Å². The Hall–Kier alpha value is -1.07. The van der Waals surface area contributed by atoms with Crippen molar-refractivity contribution in [3.8, 4) is 0 Å². The van der Waals surface area contributed by atoms with Gasteiger partial charge in [-0.05, 0) is 30.7 Å². The van der Waals surface area contributed by atoms with Crippen molar-refractivity contribution in [2.75, 3.05) is 18.8 Å². The van der Waals surface area contributed by atoms with Crippen LogP contribution < -0.4 is 5.73 Å². The number of thioether (sulfide) groups is 1. The van der Waals surface area contributed by atoms with Crippen molar-refractivity contribution in [3.05, 3.63) is 30.1 Å². The summed E-state index contributed by atoms with van der Waals surface area (Å²) >= 11 is 1.57. The van der Waals surface area contributed by atoms with Gasteiger partial charge in [-0.2, -0.15) is 0 Å². The highest BCUT2D eigenvalue weighted by Crippen LogP contribution is 2.19. The largest absolute Gasteiger partial charge is 0.341 e. The molecule has 0 bridgehead atoms. The topological polar surface area (TPSA) is 46.3 Å². The van der Waals surface area contributed by atoms with Gasteiger partial charge >= 0.3 is 0 Å². The summed E-state index contributed by atoms with van der Waals surface area (Å²) in [5.41, 5.74) is 5.76. The maximum atomic E-state index is 12.7. The van der Waals surface area contributed by atoms with Crippen molar-refractivity contribution in [1.82, 2.24) is 4.90 Å². The first-order valence-electron chi connectivity index (χ1n) is 6.07. The van der Waals surface area contributed by atoms with Gasteiger partial charge in [0.2, 0.25) is 5.91 Å². The van der Waals surface area contributed by atoms with E-state index < -0.39 is 0 Å². The Balaban J connectivity index is 1.72. The molecule has 1 saturated heterocycles. The molecule has 2 N–H and O–H groups in total. The number of rotatable bonds is 4. The fourth-order valence-corrected chi connectivity index (χ4v) is 2.80. The first-order valence-corrected chi connectivity index (χ1v) is 7.05. The summed E-state index contributed by atoms with van der Waals surface area (Å²) in [6.07, 6.45) is 1.41. The molecule has 1 atom stereocenters. The number of hydrogen-bond acceptors (Lipinski definition) is 3. The van der Waals surface area contributed by atoms with Crippen LogP contribution in [0.25, 0.3) is 0 Å². The van der Waals surface area contributed by atoms with E-state index in [1.54, 1.807) is 23.9 Å². The van der Waals surface area contributed by atoms with Crippen molar-refractivity contribution in [2.45, 2.75) is 23.8 Å². The van der Waals surface area contributed by atoms with Crippen LogP contribution in [0.15, 0.2) is 29.2 Å². The smallest absolute Gasteiger partial charge is 0.223 e. The molecule has 0 aromatic heterocycles. The van der Waals surface area contributed by atoms with Crippen LogP contribution >= 0.6 is 11.8 Å². The highest BCUT2D eigenvalue weighted by molar-refractivity contribution is 7.99. The SMILES string of the molecule is N[C@@H]1CCN(C(=O)CCSc2ccc(F)cc2)C1. The normalized spacial score (nSPS) is 19.2. The third-order valence-corrected chi connectivity index (χ3v) is 3.99. The van der Waals surface area contributed by atoms with Crippen LogP contribution in [-0.4, -0.2) is 35.7 Å². The third-order valence-electron chi connectivity index (χ3n) is 2.98. The third kappa shape index (κ3) is 3.71. The molecule has 0 saturated carbocycles. The van der Waals surface area contributed by atoms with Crippen molar-refractivity contribution >= 4 is 17.7 Å². The Morgan fingerprint density at radius 1 is 1.44 bits per heavy atom. The molecular formula is C13H17FN2OS. The predicted octanol–water partition coefficient (Wildman–Crippen LogP) is 1.87. The average molecular weight is 268 g/mol. The summed E-state index contributed by atoms with van der Waals surface area (Å²) in [6.45, 7) is 1.46. The number of nitrogens with two attached hydrogens (primary N) is 1. The van der Waals surface area contributed by atoms with Crippen molar-refractivity contribution < 1.29 is 9.18 Å². The minimum Gasteiger partial charge on any atom is -0.341 e. The van der Waals surface area contributed by atoms with Gasteiger partial charge in [0.05, 0.1) is 0 Å². The van der Waals surface area contributed by atoms with E-state index in [-0.39, 0.29) is 17.8 Å². The van der Waals surface area contributed by atoms with Gasteiger partial charge in [-0.15, -0.1) is 11.8 Å². The summed E-state index contributed by atoms with van der Waals surface area (Å²) in [5.74, 6) is 0.648. The maximum absolute atomic E-state index is 12.7. The molecule has 3 nitrogen and oxygen atoms in total. The number of likely N-dealkylation sites (tertiary alicyclic amines) is 1. The van der Waals surface area contributed by atoms with Crippen LogP contribution in [0.1, 0.15) is 12.8 Å². The number of halogens is 1. The molecule has 2 rings (SSSR count). The molecule has 1 amide bonds. The molecule has 0 unspecified atom stereocenters. The van der Waals surface area contributed by atoms with Gasteiger partial charge in [0, 0.05) is 36.2 Å². The first-order chi connectivity index (χ1) is 8.65. The fraction of sp³-hybridized carbons (Fsp3) is 0.462. The number of hydrogen-bond donors (Lipinski definition) is 1. The number of carbonyl (C=O) groups is 1. The molecule has 0 spiro atoms. The Bertz CT molecular complexity index is 410. The maximum Gasteiger partial charge on any atom is 0.223 e. The lowest BCUT2D eigenvalue weighted by molar-refractivity contribution is -0.129. The minimum atomic E-state index is -0.235. The van der Waals surface area contributed by atoms with E-state index in [1.807, 2.05) is 4.90 Å². The van der Waals surface area contributed by atoms with E-state index in [2.05, 4.69) is 0 Å². The van der Waals surface area contributed by atoms with Gasteiger partial charge in [-0.1, -0.05) is 0 Å². The Morgan fingerprint density at radius 2 is 2.17 bits per heavy atom. The lowest BCUT2D eigenvalue weighted by atomic mass is 10.3. The van der Waals surface area contributed by atoms with Crippen molar-refractivity contribution in [3.63, 3.8) is 0 Å². The molecular weight excluding hydrogens is 251 g/mol. The second kappa shape index (κ2) is 6.20. The van der Waals surface area contributed by atoms with Gasteiger partial charge in [-0.3, -0.25) is 4.79 Å². The monoisotopic (exact) mass is 268 g/mol. The molecule has 1 aromatic carbocycles. The summed E-state index contributed by atoms with van der Waals surface area (Å²) in [7, 11) is 0. The van der Waals surface area contributed by atoms with E-state index in [0.29, 0.717) is 13.0 Å². The fourth-order valence-electron chi connectivity index (χ4n) is 1.96. The number of amides is 1. The highest BCUT2D eigenvalue weighted by Gasteiger charge is 2.22. The molecule has 18 heavy (non-hydrogen) atoms. The first kappa shape index (κ1) is 13.4. The van der Waals surface area contributed by atoms with Crippen LogP contribution in [-0.2, 0) is 4.79 Å². The lowest BCUT2D eigenvalue weighted by Crippen LogP contribution is -2.31. The van der Waals surface area contributed by atoms with E-state index in [4.69, 9.17) is 5.73 Å². The Labute approximate surface area is 111 Å². The molecule has 1 aromatic rings. The zero-order valence-corrected chi connectivity index (χ0v) is 11.0. The molecule has 1 fully saturated rings. The molecule has 0 aliphatic carbocycles. The number of benzene rings is 1. The summed E-state index contributed by atoms with van der Waals surface area (Å²) in [5, 5.41) is 0. The highest BCUT2D eigenvalue weighted by atomic mass is 32.2. The van der Waals surface area contributed by atoms with Gasteiger partial charge in [0.15, 0.2) is 0 Å². The van der Waals surface area contributed by atoms with Crippen LogP contribution in [0.4, 0.5) is 4.39 Å². The summed E-state index contributed by atoms with van der Waals surface area (Å²) < 4.78 is 12.7. The molecule has 5 heteroatoms. The Kier molecular flexibility index (Phi) is 4.60.